The second kappa shape index (κ2) is 5.01. The summed E-state index contributed by atoms with van der Waals surface area (Å²) in [5.41, 5.74) is 0.319. The summed E-state index contributed by atoms with van der Waals surface area (Å²) < 4.78 is 27.8. The summed E-state index contributed by atoms with van der Waals surface area (Å²) in [6.45, 7) is 5.39. The average molecular weight is 263 g/mol. The molecule has 0 aliphatic carbocycles. The van der Waals surface area contributed by atoms with Crippen molar-refractivity contribution in [2.24, 2.45) is 4.40 Å². The molecule has 1 rings (SSSR count). The second-order valence-corrected chi connectivity index (χ2v) is 6.42. The van der Waals surface area contributed by atoms with E-state index in [0.29, 0.717) is 5.56 Å². The van der Waals surface area contributed by atoms with Crippen LogP contribution in [-0.4, -0.2) is 20.2 Å². The van der Waals surface area contributed by atoms with Crippen LogP contribution in [0.1, 0.15) is 26.3 Å². The number of hydrogen-bond donors (Lipinski definition) is 0. The molecule has 0 saturated heterocycles. The quantitative estimate of drug-likeness (QED) is 0.608. The zero-order valence-electron chi connectivity index (χ0n) is 9.20. The van der Waals surface area contributed by atoms with Gasteiger partial charge in [0.1, 0.15) is 22.0 Å². The van der Waals surface area contributed by atoms with Gasteiger partial charge in [0.25, 0.3) is 0 Å². The second-order valence-electron chi connectivity index (χ2n) is 4.13. The predicted molar refractivity (Wildman–Crippen MR) is 64.7 cm³/mol. The van der Waals surface area contributed by atoms with Gasteiger partial charge < -0.3 is 0 Å². The van der Waals surface area contributed by atoms with Crippen LogP contribution in [0.3, 0.4) is 0 Å². The van der Waals surface area contributed by atoms with E-state index >= 15 is 0 Å². The third-order valence-electron chi connectivity index (χ3n) is 1.64. The molecule has 0 aromatic carbocycles. The van der Waals surface area contributed by atoms with Crippen molar-refractivity contribution in [3.05, 3.63) is 28.8 Å². The summed E-state index contributed by atoms with van der Waals surface area (Å²) in [4.78, 5) is 3.62. The average Bonchev–Trinajstić information content (AvgIpc) is 2.17. The number of rotatable bonds is 2. The molecule has 0 radical (unpaired) electrons. The van der Waals surface area contributed by atoms with Gasteiger partial charge >= 0.3 is 0 Å². The van der Waals surface area contributed by atoms with Crippen LogP contribution in [0, 0.1) is 5.82 Å². The Bertz CT molecular complexity index is 443. The lowest BCUT2D eigenvalue weighted by Gasteiger charge is -2.12. The molecule has 1 aromatic rings. The summed E-state index contributed by atoms with van der Waals surface area (Å²) in [5.74, 6) is -0.507. The van der Waals surface area contributed by atoms with Crippen molar-refractivity contribution < 1.29 is 8.60 Å². The van der Waals surface area contributed by atoms with E-state index in [1.54, 1.807) is 20.8 Å². The highest BCUT2D eigenvalue weighted by atomic mass is 35.5. The Morgan fingerprint density at radius 1 is 1.56 bits per heavy atom. The van der Waals surface area contributed by atoms with Crippen LogP contribution in [0.4, 0.5) is 4.39 Å². The number of hydrogen-bond acceptors (Lipinski definition) is 2. The minimum absolute atomic E-state index is 0.135. The Labute approximate surface area is 101 Å². The summed E-state index contributed by atoms with van der Waals surface area (Å²) in [6, 6.07) is 1.19. The van der Waals surface area contributed by atoms with Gasteiger partial charge in [-0.3, -0.25) is 0 Å². The van der Waals surface area contributed by atoms with E-state index in [2.05, 4.69) is 9.38 Å². The van der Waals surface area contributed by atoms with E-state index in [1.165, 1.54) is 12.3 Å². The van der Waals surface area contributed by atoms with E-state index in [9.17, 15) is 8.60 Å². The Morgan fingerprint density at radius 2 is 2.19 bits per heavy atom. The molecule has 1 heterocycles. The van der Waals surface area contributed by atoms with Crippen LogP contribution in [-0.2, 0) is 11.0 Å². The molecular weight excluding hydrogens is 251 g/mol. The molecule has 0 fully saturated rings. The number of halogens is 2. The van der Waals surface area contributed by atoms with Gasteiger partial charge in [0.05, 0.1) is 10.9 Å². The lowest BCUT2D eigenvalue weighted by atomic mass is 10.3. The van der Waals surface area contributed by atoms with Gasteiger partial charge in [-0.15, -0.1) is 0 Å². The van der Waals surface area contributed by atoms with Crippen molar-refractivity contribution in [1.29, 1.82) is 0 Å². The van der Waals surface area contributed by atoms with Gasteiger partial charge in [-0.2, -0.15) is 4.40 Å². The molecule has 1 aromatic heterocycles. The molecule has 3 nitrogen and oxygen atoms in total. The van der Waals surface area contributed by atoms with Gasteiger partial charge in [0.2, 0.25) is 0 Å². The van der Waals surface area contributed by atoms with Crippen LogP contribution in [0.15, 0.2) is 16.7 Å². The molecule has 0 saturated carbocycles. The SMILES string of the molecule is CC(C)(C)[S@](=O)N=Cc1cc(F)cnc1Cl. The van der Waals surface area contributed by atoms with E-state index in [1.807, 2.05) is 0 Å². The van der Waals surface area contributed by atoms with Crippen LogP contribution >= 0.6 is 11.6 Å². The highest BCUT2D eigenvalue weighted by molar-refractivity contribution is 7.85. The topological polar surface area (TPSA) is 42.3 Å². The molecule has 0 amide bonds. The zero-order chi connectivity index (χ0) is 12.3. The van der Waals surface area contributed by atoms with Crippen molar-refractivity contribution in [3.63, 3.8) is 0 Å². The van der Waals surface area contributed by atoms with Gasteiger partial charge in [0.15, 0.2) is 0 Å². The molecule has 16 heavy (non-hydrogen) atoms. The lowest BCUT2D eigenvalue weighted by molar-refractivity contribution is 0.621. The highest BCUT2D eigenvalue weighted by Gasteiger charge is 2.18. The van der Waals surface area contributed by atoms with E-state index < -0.39 is 21.5 Å². The smallest absolute Gasteiger partial charge is 0.144 e. The maximum Gasteiger partial charge on any atom is 0.144 e. The Kier molecular flexibility index (Phi) is 4.15. The Balaban J connectivity index is 2.93. The van der Waals surface area contributed by atoms with E-state index in [-0.39, 0.29) is 5.15 Å². The molecule has 0 aliphatic heterocycles. The van der Waals surface area contributed by atoms with Crippen LogP contribution in [0.2, 0.25) is 5.15 Å². The van der Waals surface area contributed by atoms with Gasteiger partial charge in [0, 0.05) is 11.8 Å². The first kappa shape index (κ1) is 13.3. The van der Waals surface area contributed by atoms with Crippen LogP contribution < -0.4 is 0 Å². The minimum atomic E-state index is -1.39. The molecule has 0 spiro atoms. The Morgan fingerprint density at radius 3 is 2.75 bits per heavy atom. The van der Waals surface area contributed by atoms with E-state index in [4.69, 9.17) is 11.6 Å². The normalized spacial score (nSPS) is 14.3. The molecule has 88 valence electrons. The number of nitrogens with zero attached hydrogens (tertiary/aromatic N) is 2. The van der Waals surface area contributed by atoms with Crippen molar-refractivity contribution in [1.82, 2.24) is 4.98 Å². The molecule has 0 N–H and O–H groups in total. The summed E-state index contributed by atoms with van der Waals surface area (Å²) >= 11 is 5.73. The molecule has 0 unspecified atom stereocenters. The third-order valence-corrected chi connectivity index (χ3v) is 3.30. The minimum Gasteiger partial charge on any atom is -0.241 e. The molecule has 1 atom stereocenters. The predicted octanol–water partition coefficient (Wildman–Crippen LogP) is 2.76. The van der Waals surface area contributed by atoms with E-state index in [0.717, 1.165) is 6.20 Å². The van der Waals surface area contributed by atoms with Crippen molar-refractivity contribution in [2.75, 3.05) is 0 Å². The fraction of sp³-hybridized carbons (Fsp3) is 0.400. The van der Waals surface area contributed by atoms with Gasteiger partial charge in [-0.1, -0.05) is 11.6 Å². The van der Waals surface area contributed by atoms with Crippen LogP contribution in [0.5, 0.6) is 0 Å². The fourth-order valence-corrected chi connectivity index (χ4v) is 1.47. The van der Waals surface area contributed by atoms with Crippen molar-refractivity contribution in [3.8, 4) is 0 Å². The number of aromatic nitrogens is 1. The Hall–Kier alpha value is -0.810. The lowest BCUT2D eigenvalue weighted by Crippen LogP contribution is -2.19. The molecule has 0 bridgehead atoms. The summed E-state index contributed by atoms with van der Waals surface area (Å²) in [7, 11) is -1.39. The molecular formula is C10H12ClFN2OS. The third kappa shape index (κ3) is 3.64. The maximum atomic E-state index is 12.8. The zero-order valence-corrected chi connectivity index (χ0v) is 10.8. The summed E-state index contributed by atoms with van der Waals surface area (Å²) in [6.07, 6.45) is 2.29. The largest absolute Gasteiger partial charge is 0.241 e. The highest BCUT2D eigenvalue weighted by Crippen LogP contribution is 2.14. The first-order chi connectivity index (χ1) is 7.30. The van der Waals surface area contributed by atoms with Crippen molar-refractivity contribution >= 4 is 28.8 Å². The standard InChI is InChI=1S/C10H12ClFN2OS/c1-10(2,3)16(15)14-5-7-4-8(12)6-13-9(7)11/h4-6H,1-3H3/t16-/m0/s1. The van der Waals surface area contributed by atoms with Gasteiger partial charge in [-0.25, -0.2) is 13.6 Å². The number of pyridine rings is 1. The monoisotopic (exact) mass is 262 g/mol. The van der Waals surface area contributed by atoms with Crippen LogP contribution in [0.25, 0.3) is 0 Å². The van der Waals surface area contributed by atoms with Gasteiger partial charge in [-0.05, 0) is 26.8 Å². The molecule has 6 heteroatoms. The first-order valence-corrected chi connectivity index (χ1v) is 6.06. The fourth-order valence-electron chi connectivity index (χ4n) is 0.792. The van der Waals surface area contributed by atoms with Crippen molar-refractivity contribution in [2.45, 2.75) is 25.5 Å². The first-order valence-electron chi connectivity index (χ1n) is 4.58. The maximum absolute atomic E-state index is 12.8. The summed E-state index contributed by atoms with van der Waals surface area (Å²) in [5, 5.41) is 0.135. The molecule has 0 aliphatic rings.